The average molecular weight is 438 g/mol. The number of carbonyl (C=O) groups is 1. The molecule has 0 N–H and O–H groups in total. The van der Waals surface area contributed by atoms with Gasteiger partial charge >= 0.3 is 12.3 Å². The first kappa shape index (κ1) is 23.1. The van der Waals surface area contributed by atoms with Crippen molar-refractivity contribution in [3.8, 4) is 0 Å². The third kappa shape index (κ3) is 5.76. The third-order valence-electron chi connectivity index (χ3n) is 4.99. The summed E-state index contributed by atoms with van der Waals surface area (Å²) < 4.78 is 62.1. The predicted octanol–water partition coefficient (Wildman–Crippen LogP) is 5.38. The summed E-state index contributed by atoms with van der Waals surface area (Å²) in [6.07, 6.45) is -7.99. The van der Waals surface area contributed by atoms with E-state index in [9.17, 15) is 22.4 Å². The van der Waals surface area contributed by atoms with Gasteiger partial charge in [0.1, 0.15) is 11.4 Å². The fraction of sp³-hybridized carbons (Fsp3) is 0.435. The van der Waals surface area contributed by atoms with Gasteiger partial charge in [-0.05, 0) is 44.4 Å². The Kier molecular flexibility index (Phi) is 6.59. The van der Waals surface area contributed by atoms with E-state index in [4.69, 9.17) is 4.74 Å². The number of benzene rings is 2. The van der Waals surface area contributed by atoms with Crippen LogP contribution in [0.5, 0.6) is 0 Å². The molecule has 2 aromatic carbocycles. The van der Waals surface area contributed by atoms with Crippen molar-refractivity contribution in [3.05, 3.63) is 71.5 Å². The second kappa shape index (κ2) is 8.86. The van der Waals surface area contributed by atoms with Crippen molar-refractivity contribution in [2.75, 3.05) is 6.54 Å². The van der Waals surface area contributed by atoms with Crippen LogP contribution in [0.1, 0.15) is 31.9 Å². The van der Waals surface area contributed by atoms with Crippen LogP contribution in [0.3, 0.4) is 0 Å². The lowest BCUT2D eigenvalue weighted by Gasteiger charge is -2.34. The van der Waals surface area contributed by atoms with E-state index in [-0.39, 0.29) is 25.1 Å². The largest absolute Gasteiger partial charge is 0.444 e. The molecule has 1 fully saturated rings. The number of rotatable bonds is 4. The van der Waals surface area contributed by atoms with Gasteiger partial charge in [0.15, 0.2) is 6.17 Å². The van der Waals surface area contributed by atoms with Crippen molar-refractivity contribution in [2.24, 2.45) is 0 Å². The van der Waals surface area contributed by atoms with Gasteiger partial charge < -0.3 is 4.74 Å². The average Bonchev–Trinajstić information content (AvgIpc) is 3.01. The molecule has 1 aliphatic heterocycles. The zero-order chi connectivity index (χ0) is 22.8. The first-order valence-electron chi connectivity index (χ1n) is 10.0. The van der Waals surface area contributed by atoms with Gasteiger partial charge in [0.2, 0.25) is 0 Å². The first-order valence-corrected chi connectivity index (χ1v) is 10.0. The standard InChI is InChI=1S/C23H26F4N2O2/c1-22(2,3)31-21(30)29-18(13-17-11-7-8-12-19(17)24)15-28(20(29)23(25,26)27)14-16-9-5-4-6-10-16/h4-12,18,20H,13-15H2,1-3H3/t18-,20+/m0/s1. The minimum atomic E-state index is -4.71. The second-order valence-corrected chi connectivity index (χ2v) is 8.67. The van der Waals surface area contributed by atoms with Crippen molar-refractivity contribution in [1.29, 1.82) is 0 Å². The number of ether oxygens (including phenoxy) is 1. The molecule has 1 heterocycles. The smallest absolute Gasteiger partial charge is 0.422 e. The van der Waals surface area contributed by atoms with Gasteiger partial charge in [-0.1, -0.05) is 48.5 Å². The van der Waals surface area contributed by atoms with Crippen LogP contribution in [0.25, 0.3) is 0 Å². The number of hydrogen-bond acceptors (Lipinski definition) is 3. The summed E-state index contributed by atoms with van der Waals surface area (Å²) in [5.74, 6) is -0.517. The van der Waals surface area contributed by atoms with Gasteiger partial charge in [-0.15, -0.1) is 0 Å². The molecule has 2 atom stereocenters. The number of halogens is 4. The second-order valence-electron chi connectivity index (χ2n) is 8.67. The monoisotopic (exact) mass is 438 g/mol. The van der Waals surface area contributed by atoms with Gasteiger partial charge in [-0.2, -0.15) is 13.2 Å². The molecule has 3 rings (SSSR count). The van der Waals surface area contributed by atoms with Crippen LogP contribution in [-0.2, 0) is 17.7 Å². The van der Waals surface area contributed by atoms with Crippen molar-refractivity contribution in [3.63, 3.8) is 0 Å². The maximum atomic E-state index is 14.2. The zero-order valence-electron chi connectivity index (χ0n) is 17.7. The Bertz CT molecular complexity index is 896. The number of amides is 1. The Balaban J connectivity index is 1.97. The quantitative estimate of drug-likeness (QED) is 0.601. The number of carbonyl (C=O) groups excluding carboxylic acids is 1. The molecule has 0 aromatic heterocycles. The highest BCUT2D eigenvalue weighted by Gasteiger charge is 2.56. The van der Waals surface area contributed by atoms with Crippen molar-refractivity contribution >= 4 is 6.09 Å². The van der Waals surface area contributed by atoms with Gasteiger partial charge in [0, 0.05) is 13.1 Å². The zero-order valence-corrected chi connectivity index (χ0v) is 17.7. The van der Waals surface area contributed by atoms with E-state index in [2.05, 4.69) is 0 Å². The molecule has 168 valence electrons. The summed E-state index contributed by atoms with van der Waals surface area (Å²) in [4.78, 5) is 14.8. The minimum absolute atomic E-state index is 0.00190. The van der Waals surface area contributed by atoms with Crippen LogP contribution in [-0.4, -0.2) is 46.4 Å². The van der Waals surface area contributed by atoms with Crippen LogP contribution < -0.4 is 0 Å². The van der Waals surface area contributed by atoms with E-state index in [1.165, 1.54) is 23.1 Å². The molecular weight excluding hydrogens is 412 g/mol. The molecule has 0 saturated carbocycles. The fourth-order valence-electron chi connectivity index (χ4n) is 3.81. The maximum Gasteiger partial charge on any atom is 0.422 e. The normalized spacial score (nSPS) is 20.2. The summed E-state index contributed by atoms with van der Waals surface area (Å²) in [7, 11) is 0. The summed E-state index contributed by atoms with van der Waals surface area (Å²) >= 11 is 0. The topological polar surface area (TPSA) is 32.8 Å². The summed E-state index contributed by atoms with van der Waals surface area (Å²) in [6, 6.07) is 13.7. The van der Waals surface area contributed by atoms with Gasteiger partial charge in [-0.25, -0.2) is 9.18 Å². The molecule has 8 heteroatoms. The molecule has 0 radical (unpaired) electrons. The summed E-state index contributed by atoms with van der Waals surface area (Å²) in [5, 5.41) is 0. The molecule has 31 heavy (non-hydrogen) atoms. The highest BCUT2D eigenvalue weighted by molar-refractivity contribution is 5.69. The molecule has 0 bridgehead atoms. The van der Waals surface area contributed by atoms with Crippen molar-refractivity contribution < 1.29 is 27.1 Å². The van der Waals surface area contributed by atoms with E-state index in [0.717, 1.165) is 4.90 Å². The molecule has 1 aliphatic rings. The van der Waals surface area contributed by atoms with Crippen molar-refractivity contribution in [1.82, 2.24) is 9.80 Å². The van der Waals surface area contributed by atoms with E-state index in [0.29, 0.717) is 5.56 Å². The van der Waals surface area contributed by atoms with Crippen LogP contribution in [0.4, 0.5) is 22.4 Å². The highest BCUT2D eigenvalue weighted by Crippen LogP contribution is 2.37. The van der Waals surface area contributed by atoms with E-state index in [1.54, 1.807) is 57.2 Å². The Hall–Kier alpha value is -2.61. The first-order chi connectivity index (χ1) is 14.5. The Morgan fingerprint density at radius 1 is 1.03 bits per heavy atom. The number of nitrogens with zero attached hydrogens (tertiary/aromatic N) is 2. The lowest BCUT2D eigenvalue weighted by Crippen LogP contribution is -2.54. The Morgan fingerprint density at radius 3 is 2.23 bits per heavy atom. The predicted molar refractivity (Wildman–Crippen MR) is 109 cm³/mol. The Labute approximate surface area is 179 Å². The summed E-state index contributed by atoms with van der Waals surface area (Å²) in [6.45, 7) is 4.72. The molecule has 0 unspecified atom stereocenters. The Morgan fingerprint density at radius 2 is 1.65 bits per heavy atom. The molecule has 4 nitrogen and oxygen atoms in total. The van der Waals surface area contributed by atoms with Gasteiger partial charge in [0.05, 0.1) is 6.04 Å². The third-order valence-corrected chi connectivity index (χ3v) is 4.99. The van der Waals surface area contributed by atoms with Crippen LogP contribution in [0.2, 0.25) is 0 Å². The van der Waals surface area contributed by atoms with Gasteiger partial charge in [-0.3, -0.25) is 9.80 Å². The summed E-state index contributed by atoms with van der Waals surface area (Å²) in [5.41, 5.74) is -0.0289. The maximum absolute atomic E-state index is 14.2. The van der Waals surface area contributed by atoms with Crippen LogP contribution >= 0.6 is 0 Å². The highest BCUT2D eigenvalue weighted by atomic mass is 19.4. The molecule has 2 aromatic rings. The SMILES string of the molecule is CC(C)(C)OC(=O)N1[C@@H](Cc2ccccc2F)CN(Cc2ccccc2)[C@H]1C(F)(F)F. The fourth-order valence-corrected chi connectivity index (χ4v) is 3.81. The molecular formula is C23H26F4N2O2. The lowest BCUT2D eigenvalue weighted by molar-refractivity contribution is -0.207. The molecule has 0 aliphatic carbocycles. The number of hydrogen-bond donors (Lipinski definition) is 0. The lowest BCUT2D eigenvalue weighted by atomic mass is 10.0. The van der Waals surface area contributed by atoms with Crippen LogP contribution in [0, 0.1) is 5.82 Å². The number of alkyl halides is 3. The molecule has 1 amide bonds. The van der Waals surface area contributed by atoms with E-state index < -0.39 is 35.9 Å². The van der Waals surface area contributed by atoms with E-state index >= 15 is 0 Å². The van der Waals surface area contributed by atoms with Crippen molar-refractivity contribution in [2.45, 2.75) is 57.7 Å². The molecule has 0 spiro atoms. The van der Waals surface area contributed by atoms with Gasteiger partial charge in [0.25, 0.3) is 0 Å². The van der Waals surface area contributed by atoms with Crippen LogP contribution in [0.15, 0.2) is 54.6 Å². The molecule has 1 saturated heterocycles. The minimum Gasteiger partial charge on any atom is -0.444 e. The van der Waals surface area contributed by atoms with E-state index in [1.807, 2.05) is 0 Å².